The number of nitrogen functional groups attached to an aromatic ring is 1. The molecular weight excluding hydrogens is 545 g/mol. The summed E-state index contributed by atoms with van der Waals surface area (Å²) in [6.07, 6.45) is -4.59. The third-order valence-corrected chi connectivity index (χ3v) is 6.65. The van der Waals surface area contributed by atoms with Gasteiger partial charge in [0.2, 0.25) is 10.0 Å². The normalized spacial score (nSPS) is 11.9. The van der Waals surface area contributed by atoms with Gasteiger partial charge in [-0.15, -0.1) is 0 Å². The molecule has 4 aromatic rings. The van der Waals surface area contributed by atoms with E-state index in [1.54, 1.807) is 30.3 Å². The van der Waals surface area contributed by atoms with Crippen LogP contribution in [0.25, 0.3) is 16.8 Å². The van der Waals surface area contributed by atoms with Crippen molar-refractivity contribution in [3.8, 4) is 16.8 Å². The second kappa shape index (κ2) is 10.5. The van der Waals surface area contributed by atoms with E-state index in [0.29, 0.717) is 17.7 Å². The number of benzene rings is 3. The van der Waals surface area contributed by atoms with Crippen molar-refractivity contribution in [1.82, 2.24) is 15.1 Å². The number of nitrogens with one attached hydrogen (secondary N) is 1. The van der Waals surface area contributed by atoms with Gasteiger partial charge in [0, 0.05) is 6.54 Å². The first-order chi connectivity index (χ1) is 18.3. The van der Waals surface area contributed by atoms with Crippen molar-refractivity contribution >= 4 is 21.7 Å². The standard InChI is InChI=1S/C25H20F5N5O3S/c26-17-10-11-18(39(32,37)38)21(27)20(17)24(36)33-13-12-14-6-8-16(9-7-14)35-23(31)19(15-4-2-1-3-5-15)22(34-35)25(28,29)30/h1-11H,12-13,31H2,(H,33,36)(H2,32,37,38). The number of alkyl halides is 3. The van der Waals surface area contributed by atoms with E-state index >= 15 is 0 Å². The van der Waals surface area contributed by atoms with Gasteiger partial charge in [0.1, 0.15) is 22.1 Å². The Labute approximate surface area is 219 Å². The second-order valence-electron chi connectivity index (χ2n) is 8.34. The van der Waals surface area contributed by atoms with E-state index in [9.17, 15) is 35.2 Å². The lowest BCUT2D eigenvalue weighted by Gasteiger charge is -2.10. The molecule has 0 atom stereocenters. The number of sulfonamides is 1. The Morgan fingerprint density at radius 3 is 2.21 bits per heavy atom. The Hall–Kier alpha value is -4.30. The van der Waals surface area contributed by atoms with Gasteiger partial charge in [-0.25, -0.2) is 27.0 Å². The third-order valence-electron chi connectivity index (χ3n) is 5.72. The average Bonchev–Trinajstić information content (AvgIpc) is 3.22. The van der Waals surface area contributed by atoms with Gasteiger partial charge in [0.05, 0.1) is 11.3 Å². The lowest BCUT2D eigenvalue weighted by Crippen LogP contribution is -2.28. The molecule has 0 saturated heterocycles. The Balaban J connectivity index is 1.51. The second-order valence-corrected chi connectivity index (χ2v) is 9.87. The Kier molecular flexibility index (Phi) is 7.44. The number of anilines is 1. The van der Waals surface area contributed by atoms with Crippen LogP contribution in [0.4, 0.5) is 27.8 Å². The van der Waals surface area contributed by atoms with Crippen molar-refractivity contribution in [2.75, 3.05) is 12.3 Å². The van der Waals surface area contributed by atoms with Crippen LogP contribution in [0.15, 0.2) is 71.6 Å². The molecule has 1 aromatic heterocycles. The number of hydrogen-bond acceptors (Lipinski definition) is 5. The number of amides is 1. The summed E-state index contributed by atoms with van der Waals surface area (Å²) in [4.78, 5) is 11.3. The quantitative estimate of drug-likeness (QED) is 0.291. The molecule has 8 nitrogen and oxygen atoms in total. The summed E-state index contributed by atoms with van der Waals surface area (Å²) < 4.78 is 93.5. The molecule has 0 radical (unpaired) electrons. The van der Waals surface area contributed by atoms with Crippen LogP contribution < -0.4 is 16.2 Å². The SMILES string of the molecule is Nc1c(-c2ccccc2)c(C(F)(F)F)nn1-c1ccc(CCNC(=O)c2c(F)ccc(S(N)(=O)=O)c2F)cc1. The van der Waals surface area contributed by atoms with E-state index in [4.69, 9.17) is 10.9 Å². The minimum absolute atomic E-state index is 0.100. The van der Waals surface area contributed by atoms with Crippen LogP contribution in [0, 0.1) is 11.6 Å². The van der Waals surface area contributed by atoms with Crippen LogP contribution in [0.1, 0.15) is 21.6 Å². The fourth-order valence-corrected chi connectivity index (χ4v) is 4.50. The zero-order valence-corrected chi connectivity index (χ0v) is 20.7. The van der Waals surface area contributed by atoms with Crippen molar-refractivity contribution in [1.29, 1.82) is 0 Å². The van der Waals surface area contributed by atoms with Gasteiger partial charge in [-0.05, 0) is 41.8 Å². The number of carbonyl (C=O) groups excluding carboxylic acids is 1. The summed E-state index contributed by atoms with van der Waals surface area (Å²) in [5, 5.41) is 10.9. The molecule has 14 heteroatoms. The molecular formula is C25H20F5N5O3S. The summed E-state index contributed by atoms with van der Waals surface area (Å²) in [7, 11) is -4.53. The third kappa shape index (κ3) is 5.76. The summed E-state index contributed by atoms with van der Waals surface area (Å²) in [5.74, 6) is -4.28. The summed E-state index contributed by atoms with van der Waals surface area (Å²) in [6.45, 7) is -0.100. The van der Waals surface area contributed by atoms with E-state index < -0.39 is 49.9 Å². The van der Waals surface area contributed by atoms with Gasteiger partial charge < -0.3 is 11.1 Å². The molecule has 0 bridgehead atoms. The van der Waals surface area contributed by atoms with Gasteiger partial charge in [-0.2, -0.15) is 18.3 Å². The first-order valence-corrected chi connectivity index (χ1v) is 12.7. The fraction of sp³-hybridized carbons (Fsp3) is 0.120. The number of aromatic nitrogens is 2. The molecule has 3 aromatic carbocycles. The van der Waals surface area contributed by atoms with Gasteiger partial charge in [0.25, 0.3) is 5.91 Å². The Morgan fingerprint density at radius 2 is 1.62 bits per heavy atom. The molecule has 0 unspecified atom stereocenters. The molecule has 0 aliphatic carbocycles. The summed E-state index contributed by atoms with van der Waals surface area (Å²) in [5.41, 5.74) is 4.71. The van der Waals surface area contributed by atoms with Crippen LogP contribution in [0.3, 0.4) is 0 Å². The smallest absolute Gasteiger partial charge is 0.383 e. The van der Waals surface area contributed by atoms with E-state index in [2.05, 4.69) is 10.4 Å². The van der Waals surface area contributed by atoms with E-state index in [1.807, 2.05) is 0 Å². The van der Waals surface area contributed by atoms with Crippen molar-refractivity contribution < 1.29 is 35.2 Å². The molecule has 204 valence electrons. The number of hydrogen-bond donors (Lipinski definition) is 3. The predicted octanol–water partition coefficient (Wildman–Crippen LogP) is 4.04. The van der Waals surface area contributed by atoms with Crippen LogP contribution in [-0.2, 0) is 22.6 Å². The minimum atomic E-state index is -4.75. The number of rotatable bonds is 7. The maximum atomic E-state index is 14.4. The van der Waals surface area contributed by atoms with Crippen molar-refractivity contribution in [3.05, 3.63) is 95.2 Å². The van der Waals surface area contributed by atoms with Gasteiger partial charge >= 0.3 is 6.18 Å². The molecule has 0 saturated carbocycles. The highest BCUT2D eigenvalue weighted by Gasteiger charge is 2.39. The molecule has 0 aliphatic heterocycles. The molecule has 39 heavy (non-hydrogen) atoms. The highest BCUT2D eigenvalue weighted by Crippen LogP contribution is 2.40. The lowest BCUT2D eigenvalue weighted by atomic mass is 10.1. The van der Waals surface area contributed by atoms with Crippen LogP contribution in [-0.4, -0.2) is 30.7 Å². The zero-order valence-electron chi connectivity index (χ0n) is 19.8. The lowest BCUT2D eigenvalue weighted by molar-refractivity contribution is -0.140. The van der Waals surface area contributed by atoms with Gasteiger partial charge in [0.15, 0.2) is 11.5 Å². The molecule has 1 amide bonds. The zero-order chi connectivity index (χ0) is 28.5. The summed E-state index contributed by atoms with van der Waals surface area (Å²) >= 11 is 0. The topological polar surface area (TPSA) is 133 Å². The Morgan fingerprint density at radius 1 is 0.974 bits per heavy atom. The summed E-state index contributed by atoms with van der Waals surface area (Å²) in [6, 6.07) is 15.1. The number of nitrogens with zero attached hydrogens (tertiary/aromatic N) is 2. The Bertz CT molecular complexity index is 1640. The number of carbonyl (C=O) groups is 1. The minimum Gasteiger partial charge on any atom is -0.383 e. The number of nitrogens with two attached hydrogens (primary N) is 2. The predicted molar refractivity (Wildman–Crippen MR) is 132 cm³/mol. The van der Waals surface area contributed by atoms with E-state index in [0.717, 1.165) is 4.68 Å². The van der Waals surface area contributed by atoms with Gasteiger partial charge in [-0.1, -0.05) is 42.5 Å². The maximum Gasteiger partial charge on any atom is 0.435 e. The monoisotopic (exact) mass is 565 g/mol. The average molecular weight is 566 g/mol. The number of halogens is 5. The maximum absolute atomic E-state index is 14.4. The van der Waals surface area contributed by atoms with Crippen LogP contribution in [0.5, 0.6) is 0 Å². The van der Waals surface area contributed by atoms with E-state index in [1.165, 1.54) is 24.3 Å². The fourth-order valence-electron chi connectivity index (χ4n) is 3.89. The van der Waals surface area contributed by atoms with Crippen LogP contribution >= 0.6 is 0 Å². The number of primary sulfonamides is 1. The van der Waals surface area contributed by atoms with Crippen molar-refractivity contribution in [2.24, 2.45) is 5.14 Å². The molecule has 4 rings (SSSR count). The highest BCUT2D eigenvalue weighted by atomic mass is 32.2. The largest absolute Gasteiger partial charge is 0.435 e. The first kappa shape index (κ1) is 27.7. The van der Waals surface area contributed by atoms with E-state index in [-0.39, 0.29) is 35.6 Å². The molecule has 1 heterocycles. The molecule has 0 aliphatic rings. The van der Waals surface area contributed by atoms with Gasteiger partial charge in [-0.3, -0.25) is 4.79 Å². The van der Waals surface area contributed by atoms with Crippen molar-refractivity contribution in [3.63, 3.8) is 0 Å². The highest BCUT2D eigenvalue weighted by molar-refractivity contribution is 7.89. The van der Waals surface area contributed by atoms with Crippen LogP contribution in [0.2, 0.25) is 0 Å². The first-order valence-electron chi connectivity index (χ1n) is 11.2. The molecule has 5 N–H and O–H groups in total. The van der Waals surface area contributed by atoms with Crippen molar-refractivity contribution in [2.45, 2.75) is 17.5 Å². The molecule has 0 spiro atoms. The molecule has 0 fully saturated rings.